The lowest BCUT2D eigenvalue weighted by atomic mass is 9.95. The fourth-order valence-electron chi connectivity index (χ4n) is 2.94. The van der Waals surface area contributed by atoms with Crippen molar-refractivity contribution in [1.29, 1.82) is 0 Å². The van der Waals surface area contributed by atoms with Gasteiger partial charge in [-0.05, 0) is 31.4 Å². The molecule has 0 atom stereocenters. The predicted molar refractivity (Wildman–Crippen MR) is 102 cm³/mol. The van der Waals surface area contributed by atoms with Crippen molar-refractivity contribution in [2.24, 2.45) is 4.99 Å². The van der Waals surface area contributed by atoms with Gasteiger partial charge in [-0.1, -0.05) is 26.2 Å². The van der Waals surface area contributed by atoms with E-state index in [4.69, 9.17) is 0 Å². The van der Waals surface area contributed by atoms with E-state index >= 15 is 0 Å². The number of carbonyl (C=O) groups excluding carboxylic acids is 1. The molecule has 0 bridgehead atoms. The highest BCUT2D eigenvalue weighted by atomic mass is 32.1. The Morgan fingerprint density at radius 2 is 1.96 bits per heavy atom. The van der Waals surface area contributed by atoms with Crippen LogP contribution in [0.2, 0.25) is 0 Å². The normalized spacial score (nSPS) is 16.0. The minimum Gasteiger partial charge on any atom is -0.356 e. The molecule has 0 spiro atoms. The highest BCUT2D eigenvalue weighted by molar-refractivity contribution is 7.11. The number of rotatable bonds is 7. The zero-order valence-corrected chi connectivity index (χ0v) is 15.7. The van der Waals surface area contributed by atoms with Crippen molar-refractivity contribution in [3.63, 3.8) is 0 Å². The van der Waals surface area contributed by atoms with E-state index in [2.05, 4.69) is 40.0 Å². The van der Waals surface area contributed by atoms with Crippen LogP contribution in [0.15, 0.2) is 17.1 Å². The summed E-state index contributed by atoms with van der Waals surface area (Å²) in [5.41, 5.74) is 0. The first-order chi connectivity index (χ1) is 11.7. The number of carbonyl (C=O) groups is 1. The minimum absolute atomic E-state index is 0.135. The van der Waals surface area contributed by atoms with Crippen molar-refractivity contribution in [1.82, 2.24) is 16.0 Å². The maximum Gasteiger partial charge on any atom is 0.221 e. The molecule has 1 aromatic heterocycles. The molecular weight excluding hydrogens is 320 g/mol. The molecule has 2 rings (SSSR count). The van der Waals surface area contributed by atoms with Crippen LogP contribution in [0.25, 0.3) is 0 Å². The largest absolute Gasteiger partial charge is 0.356 e. The van der Waals surface area contributed by atoms with E-state index < -0.39 is 0 Å². The highest BCUT2D eigenvalue weighted by Gasteiger charge is 2.15. The van der Waals surface area contributed by atoms with Crippen LogP contribution >= 0.6 is 11.3 Å². The van der Waals surface area contributed by atoms with Crippen molar-refractivity contribution in [2.75, 3.05) is 13.6 Å². The lowest BCUT2D eigenvalue weighted by molar-refractivity contribution is -0.121. The summed E-state index contributed by atoms with van der Waals surface area (Å²) in [7, 11) is 1.75. The molecule has 1 aliphatic rings. The maximum atomic E-state index is 12.0. The third-order valence-electron chi connectivity index (χ3n) is 4.33. The Hall–Kier alpha value is -1.56. The third-order valence-corrected chi connectivity index (χ3v) is 5.56. The van der Waals surface area contributed by atoms with Crippen LogP contribution in [-0.4, -0.2) is 31.5 Å². The van der Waals surface area contributed by atoms with Crippen molar-refractivity contribution in [3.05, 3.63) is 21.9 Å². The molecule has 1 saturated carbocycles. The zero-order valence-electron chi connectivity index (χ0n) is 14.9. The van der Waals surface area contributed by atoms with Crippen molar-refractivity contribution in [3.8, 4) is 0 Å². The Balaban J connectivity index is 1.62. The Bertz CT molecular complexity index is 535. The number of aryl methyl sites for hydroxylation is 1. The SMILES string of the molecule is CCc1ccc(CNC(=NC)NCCC(=O)NC2CCCCC2)s1. The molecule has 1 fully saturated rings. The van der Waals surface area contributed by atoms with Gasteiger partial charge in [0.25, 0.3) is 0 Å². The van der Waals surface area contributed by atoms with Crippen molar-refractivity contribution >= 4 is 23.2 Å². The van der Waals surface area contributed by atoms with Crippen LogP contribution in [0.5, 0.6) is 0 Å². The maximum absolute atomic E-state index is 12.0. The summed E-state index contributed by atoms with van der Waals surface area (Å²) in [4.78, 5) is 18.9. The smallest absolute Gasteiger partial charge is 0.221 e. The van der Waals surface area contributed by atoms with Crippen LogP contribution < -0.4 is 16.0 Å². The first kappa shape index (κ1) is 18.8. The number of hydrogen-bond donors (Lipinski definition) is 3. The average molecular weight is 351 g/mol. The molecular formula is C18H30N4OS. The summed E-state index contributed by atoms with van der Waals surface area (Å²) in [6, 6.07) is 4.71. The van der Waals surface area contributed by atoms with Gasteiger partial charge in [-0.15, -0.1) is 11.3 Å². The summed E-state index contributed by atoms with van der Waals surface area (Å²) >= 11 is 1.82. The standard InChI is InChI=1S/C18H30N4OS/c1-3-15-9-10-16(24-15)13-21-18(19-2)20-12-11-17(23)22-14-7-5-4-6-8-14/h9-10,14H,3-8,11-13H2,1-2H3,(H,22,23)(H2,19,20,21). The van der Waals surface area contributed by atoms with Crippen molar-refractivity contribution < 1.29 is 4.79 Å². The van der Waals surface area contributed by atoms with Gasteiger partial charge in [0.1, 0.15) is 0 Å². The Labute approximate surface area is 149 Å². The predicted octanol–water partition coefficient (Wildman–Crippen LogP) is 2.81. The van der Waals surface area contributed by atoms with Gasteiger partial charge in [0.15, 0.2) is 5.96 Å². The van der Waals surface area contributed by atoms with E-state index in [1.165, 1.54) is 29.0 Å². The molecule has 1 amide bonds. The third kappa shape index (κ3) is 6.51. The number of nitrogens with one attached hydrogen (secondary N) is 3. The zero-order chi connectivity index (χ0) is 17.2. The van der Waals surface area contributed by atoms with Gasteiger partial charge in [-0.3, -0.25) is 9.79 Å². The van der Waals surface area contributed by atoms with Gasteiger partial charge in [0.05, 0.1) is 6.54 Å². The molecule has 0 saturated heterocycles. The van der Waals surface area contributed by atoms with Crippen LogP contribution in [0.1, 0.15) is 55.2 Å². The fourth-order valence-corrected chi connectivity index (χ4v) is 3.84. The lowest BCUT2D eigenvalue weighted by Crippen LogP contribution is -2.41. The number of nitrogens with zero attached hydrogens (tertiary/aromatic N) is 1. The Morgan fingerprint density at radius 1 is 1.21 bits per heavy atom. The van der Waals surface area contributed by atoms with Crippen molar-refractivity contribution in [2.45, 2.75) is 64.5 Å². The molecule has 5 nitrogen and oxygen atoms in total. The molecule has 0 aromatic carbocycles. The summed E-state index contributed by atoms with van der Waals surface area (Å²) in [6.07, 6.45) is 7.60. The van der Waals surface area contributed by atoms with Gasteiger partial charge >= 0.3 is 0 Å². The first-order valence-corrected chi connectivity index (χ1v) is 9.84. The second-order valence-electron chi connectivity index (χ2n) is 6.23. The second-order valence-corrected chi connectivity index (χ2v) is 7.48. The number of thiophene rings is 1. The fraction of sp³-hybridized carbons (Fsp3) is 0.667. The minimum atomic E-state index is 0.135. The average Bonchev–Trinajstić information content (AvgIpc) is 3.07. The Kier molecular flexibility index (Phi) is 8.08. The molecule has 0 aliphatic heterocycles. The summed E-state index contributed by atoms with van der Waals surface area (Å²) in [5, 5.41) is 9.65. The number of hydrogen-bond acceptors (Lipinski definition) is 3. The van der Waals surface area contributed by atoms with E-state index in [1.54, 1.807) is 7.05 Å². The Morgan fingerprint density at radius 3 is 2.62 bits per heavy atom. The number of aliphatic imine (C=N–C) groups is 1. The molecule has 6 heteroatoms. The van der Waals surface area contributed by atoms with Crippen LogP contribution in [0.4, 0.5) is 0 Å². The number of amides is 1. The molecule has 3 N–H and O–H groups in total. The molecule has 24 heavy (non-hydrogen) atoms. The van der Waals surface area contributed by atoms with E-state index in [-0.39, 0.29) is 5.91 Å². The van der Waals surface area contributed by atoms with E-state index in [9.17, 15) is 4.79 Å². The topological polar surface area (TPSA) is 65.5 Å². The van der Waals surface area contributed by atoms with Crippen LogP contribution in [0, 0.1) is 0 Å². The van der Waals surface area contributed by atoms with E-state index in [0.29, 0.717) is 19.0 Å². The number of guanidine groups is 1. The molecule has 1 aromatic rings. The highest BCUT2D eigenvalue weighted by Crippen LogP contribution is 2.17. The molecule has 0 unspecified atom stereocenters. The van der Waals surface area contributed by atoms with Gasteiger partial charge in [0.2, 0.25) is 5.91 Å². The van der Waals surface area contributed by atoms with E-state index in [1.807, 2.05) is 11.3 Å². The molecule has 0 radical (unpaired) electrons. The van der Waals surface area contributed by atoms with Crippen LogP contribution in [0.3, 0.4) is 0 Å². The monoisotopic (exact) mass is 350 g/mol. The summed E-state index contributed by atoms with van der Waals surface area (Å²) in [6.45, 7) is 3.53. The second kappa shape index (κ2) is 10.3. The summed E-state index contributed by atoms with van der Waals surface area (Å²) in [5.74, 6) is 0.877. The van der Waals surface area contributed by atoms with Gasteiger partial charge < -0.3 is 16.0 Å². The van der Waals surface area contributed by atoms with Gasteiger partial charge in [-0.2, -0.15) is 0 Å². The molecule has 134 valence electrons. The van der Waals surface area contributed by atoms with Gasteiger partial charge in [-0.25, -0.2) is 0 Å². The summed E-state index contributed by atoms with van der Waals surface area (Å²) < 4.78 is 0. The first-order valence-electron chi connectivity index (χ1n) is 9.02. The molecule has 1 aliphatic carbocycles. The lowest BCUT2D eigenvalue weighted by Gasteiger charge is -2.22. The van der Waals surface area contributed by atoms with Crippen LogP contribution in [-0.2, 0) is 17.8 Å². The van der Waals surface area contributed by atoms with E-state index in [0.717, 1.165) is 31.8 Å². The quantitative estimate of drug-likeness (QED) is 0.523. The molecule has 1 heterocycles. The van der Waals surface area contributed by atoms with Gasteiger partial charge in [0, 0.05) is 35.8 Å².